The SMILES string of the molecule is CCCCC(CC)c1cnccc1C. The summed E-state index contributed by atoms with van der Waals surface area (Å²) < 4.78 is 0. The molecule has 0 aliphatic rings. The maximum atomic E-state index is 4.22. The molecule has 0 aliphatic heterocycles. The lowest BCUT2D eigenvalue weighted by molar-refractivity contribution is 0.566. The van der Waals surface area contributed by atoms with Gasteiger partial charge in [-0.15, -0.1) is 0 Å². The zero-order chi connectivity index (χ0) is 10.4. The van der Waals surface area contributed by atoms with Crippen molar-refractivity contribution < 1.29 is 0 Å². The van der Waals surface area contributed by atoms with Gasteiger partial charge in [0.2, 0.25) is 0 Å². The van der Waals surface area contributed by atoms with Crippen LogP contribution in [0.5, 0.6) is 0 Å². The van der Waals surface area contributed by atoms with E-state index >= 15 is 0 Å². The predicted molar refractivity (Wildman–Crippen MR) is 61.5 cm³/mol. The van der Waals surface area contributed by atoms with Crippen LogP contribution in [0.2, 0.25) is 0 Å². The van der Waals surface area contributed by atoms with Gasteiger partial charge in [0, 0.05) is 12.4 Å². The smallest absolute Gasteiger partial charge is 0.0305 e. The van der Waals surface area contributed by atoms with Crippen LogP contribution in [-0.2, 0) is 0 Å². The Bertz CT molecular complexity index is 268. The van der Waals surface area contributed by atoms with Crippen LogP contribution in [0.15, 0.2) is 18.5 Å². The molecular weight excluding hydrogens is 170 g/mol. The Hall–Kier alpha value is -0.850. The summed E-state index contributed by atoms with van der Waals surface area (Å²) >= 11 is 0. The number of hydrogen-bond acceptors (Lipinski definition) is 1. The quantitative estimate of drug-likeness (QED) is 0.683. The lowest BCUT2D eigenvalue weighted by Crippen LogP contribution is -2.00. The third-order valence-corrected chi connectivity index (χ3v) is 2.92. The highest BCUT2D eigenvalue weighted by molar-refractivity contribution is 5.25. The molecule has 1 heterocycles. The monoisotopic (exact) mass is 191 g/mol. The fourth-order valence-electron chi connectivity index (χ4n) is 1.93. The van der Waals surface area contributed by atoms with Gasteiger partial charge in [0.1, 0.15) is 0 Å². The Balaban J connectivity index is 2.73. The molecule has 0 bridgehead atoms. The van der Waals surface area contributed by atoms with Gasteiger partial charge in [-0.1, -0.05) is 26.7 Å². The van der Waals surface area contributed by atoms with Gasteiger partial charge in [0.05, 0.1) is 0 Å². The number of nitrogens with zero attached hydrogens (tertiary/aromatic N) is 1. The third-order valence-electron chi connectivity index (χ3n) is 2.92. The molecule has 0 fully saturated rings. The molecule has 1 rings (SSSR count). The maximum absolute atomic E-state index is 4.22. The minimum Gasteiger partial charge on any atom is -0.264 e. The lowest BCUT2D eigenvalue weighted by atomic mass is 9.90. The number of aryl methyl sites for hydroxylation is 1. The summed E-state index contributed by atoms with van der Waals surface area (Å²) in [5.74, 6) is 0.712. The molecule has 1 unspecified atom stereocenters. The Morgan fingerprint density at radius 3 is 2.71 bits per heavy atom. The summed E-state index contributed by atoms with van der Waals surface area (Å²) in [6.45, 7) is 6.71. The third kappa shape index (κ3) is 2.83. The molecule has 78 valence electrons. The summed E-state index contributed by atoms with van der Waals surface area (Å²) in [5, 5.41) is 0. The predicted octanol–water partition coefficient (Wildman–Crippen LogP) is 4.07. The van der Waals surface area contributed by atoms with Gasteiger partial charge in [-0.05, 0) is 42.9 Å². The topological polar surface area (TPSA) is 12.9 Å². The summed E-state index contributed by atoms with van der Waals surface area (Å²) in [6.07, 6.45) is 9.07. The molecule has 1 aromatic heterocycles. The second kappa shape index (κ2) is 5.79. The molecule has 14 heavy (non-hydrogen) atoms. The Morgan fingerprint density at radius 1 is 1.36 bits per heavy atom. The standard InChI is InChI=1S/C13H21N/c1-4-6-7-12(5-2)13-10-14-9-8-11(13)3/h8-10,12H,4-7H2,1-3H3. The van der Waals surface area contributed by atoms with Gasteiger partial charge in [-0.3, -0.25) is 4.98 Å². The molecule has 0 N–H and O–H groups in total. The summed E-state index contributed by atoms with van der Waals surface area (Å²) in [4.78, 5) is 4.22. The Kier molecular flexibility index (Phi) is 4.64. The van der Waals surface area contributed by atoms with Crippen molar-refractivity contribution in [1.82, 2.24) is 4.98 Å². The molecule has 0 aliphatic carbocycles. The first-order chi connectivity index (χ1) is 6.79. The van der Waals surface area contributed by atoms with E-state index in [1.54, 1.807) is 0 Å². The molecule has 1 heteroatoms. The molecule has 0 saturated heterocycles. The van der Waals surface area contributed by atoms with Crippen molar-refractivity contribution in [2.75, 3.05) is 0 Å². The first-order valence-electron chi connectivity index (χ1n) is 5.70. The number of pyridine rings is 1. The van der Waals surface area contributed by atoms with E-state index in [1.807, 2.05) is 12.4 Å². The highest BCUT2D eigenvalue weighted by Gasteiger charge is 2.10. The van der Waals surface area contributed by atoms with E-state index in [-0.39, 0.29) is 0 Å². The van der Waals surface area contributed by atoms with Gasteiger partial charge in [0.25, 0.3) is 0 Å². The molecule has 0 radical (unpaired) electrons. The van der Waals surface area contributed by atoms with E-state index in [1.165, 1.54) is 36.8 Å². The minimum atomic E-state index is 0.712. The molecule has 0 amide bonds. The van der Waals surface area contributed by atoms with E-state index < -0.39 is 0 Å². The zero-order valence-corrected chi connectivity index (χ0v) is 9.59. The first-order valence-corrected chi connectivity index (χ1v) is 5.70. The van der Waals surface area contributed by atoms with Gasteiger partial charge in [0.15, 0.2) is 0 Å². The van der Waals surface area contributed by atoms with E-state index in [2.05, 4.69) is 31.8 Å². The molecule has 0 saturated carbocycles. The first kappa shape index (κ1) is 11.2. The largest absolute Gasteiger partial charge is 0.264 e. The van der Waals surface area contributed by atoms with Crippen molar-refractivity contribution in [3.8, 4) is 0 Å². The van der Waals surface area contributed by atoms with Crippen molar-refractivity contribution in [3.05, 3.63) is 29.6 Å². The van der Waals surface area contributed by atoms with Crippen LogP contribution in [0, 0.1) is 6.92 Å². The van der Waals surface area contributed by atoms with Crippen LogP contribution in [0.4, 0.5) is 0 Å². The Labute approximate surface area is 87.6 Å². The highest BCUT2D eigenvalue weighted by Crippen LogP contribution is 2.26. The van der Waals surface area contributed by atoms with Crippen LogP contribution in [0.1, 0.15) is 56.6 Å². The molecule has 0 spiro atoms. The number of hydrogen-bond donors (Lipinski definition) is 0. The number of aromatic nitrogens is 1. The number of unbranched alkanes of at least 4 members (excludes halogenated alkanes) is 1. The van der Waals surface area contributed by atoms with Gasteiger partial charge >= 0.3 is 0 Å². The van der Waals surface area contributed by atoms with E-state index in [0.29, 0.717) is 5.92 Å². The van der Waals surface area contributed by atoms with Crippen LogP contribution in [-0.4, -0.2) is 4.98 Å². The highest BCUT2D eigenvalue weighted by atomic mass is 14.6. The Morgan fingerprint density at radius 2 is 2.14 bits per heavy atom. The zero-order valence-electron chi connectivity index (χ0n) is 9.59. The second-order valence-corrected chi connectivity index (χ2v) is 3.98. The fourth-order valence-corrected chi connectivity index (χ4v) is 1.93. The van der Waals surface area contributed by atoms with Crippen molar-refractivity contribution in [3.63, 3.8) is 0 Å². The second-order valence-electron chi connectivity index (χ2n) is 3.98. The lowest BCUT2D eigenvalue weighted by Gasteiger charge is -2.16. The van der Waals surface area contributed by atoms with Gasteiger partial charge < -0.3 is 0 Å². The molecule has 1 atom stereocenters. The minimum absolute atomic E-state index is 0.712. The van der Waals surface area contributed by atoms with Crippen LogP contribution in [0.25, 0.3) is 0 Å². The van der Waals surface area contributed by atoms with Crippen molar-refractivity contribution in [1.29, 1.82) is 0 Å². The van der Waals surface area contributed by atoms with E-state index in [4.69, 9.17) is 0 Å². The molecule has 1 nitrogen and oxygen atoms in total. The van der Waals surface area contributed by atoms with Crippen LogP contribution < -0.4 is 0 Å². The van der Waals surface area contributed by atoms with Gasteiger partial charge in [-0.25, -0.2) is 0 Å². The van der Waals surface area contributed by atoms with Crippen LogP contribution in [0.3, 0.4) is 0 Å². The van der Waals surface area contributed by atoms with Crippen molar-refractivity contribution in [2.45, 2.75) is 52.4 Å². The van der Waals surface area contributed by atoms with Crippen molar-refractivity contribution >= 4 is 0 Å². The molecular formula is C13H21N. The van der Waals surface area contributed by atoms with Crippen LogP contribution >= 0.6 is 0 Å². The van der Waals surface area contributed by atoms with Crippen molar-refractivity contribution in [2.24, 2.45) is 0 Å². The fraction of sp³-hybridized carbons (Fsp3) is 0.615. The van der Waals surface area contributed by atoms with Gasteiger partial charge in [-0.2, -0.15) is 0 Å². The normalized spacial score (nSPS) is 12.8. The van der Waals surface area contributed by atoms with E-state index in [9.17, 15) is 0 Å². The molecule has 0 aromatic carbocycles. The summed E-state index contributed by atoms with van der Waals surface area (Å²) in [6, 6.07) is 2.12. The number of rotatable bonds is 5. The van der Waals surface area contributed by atoms with E-state index in [0.717, 1.165) is 0 Å². The maximum Gasteiger partial charge on any atom is 0.0305 e. The summed E-state index contributed by atoms with van der Waals surface area (Å²) in [5.41, 5.74) is 2.84. The molecule has 1 aromatic rings. The average molecular weight is 191 g/mol. The average Bonchev–Trinajstić information content (AvgIpc) is 2.21. The summed E-state index contributed by atoms with van der Waals surface area (Å²) in [7, 11) is 0.